The summed E-state index contributed by atoms with van der Waals surface area (Å²) < 4.78 is 5.15. The van der Waals surface area contributed by atoms with E-state index < -0.39 is 6.04 Å². The van der Waals surface area contributed by atoms with Gasteiger partial charge in [0.15, 0.2) is 0 Å². The lowest BCUT2D eigenvalue weighted by Gasteiger charge is -2.55. The van der Waals surface area contributed by atoms with Gasteiger partial charge in [-0.25, -0.2) is 0 Å². The minimum atomic E-state index is -0.523. The van der Waals surface area contributed by atoms with Crippen molar-refractivity contribution >= 4 is 23.4 Å². The van der Waals surface area contributed by atoms with E-state index in [0.717, 1.165) is 30.7 Å². The third kappa shape index (κ3) is 4.53. The van der Waals surface area contributed by atoms with Crippen LogP contribution in [-0.2, 0) is 14.4 Å². The number of hydrogen-bond donors (Lipinski definition) is 2. The lowest BCUT2D eigenvalue weighted by atomic mass is 9.49. The first-order chi connectivity index (χ1) is 16.3. The van der Waals surface area contributed by atoms with Crippen LogP contribution in [0.25, 0.3) is 0 Å². The summed E-state index contributed by atoms with van der Waals surface area (Å²) in [5, 5.41) is 6.05. The number of carbonyl (C=O) groups excluding carboxylic acids is 3. The Kier molecular flexibility index (Phi) is 6.30. The molecule has 3 amide bonds. The summed E-state index contributed by atoms with van der Waals surface area (Å²) in [5.74, 6) is 2.77. The van der Waals surface area contributed by atoms with Gasteiger partial charge in [0.05, 0.1) is 7.11 Å². The number of likely N-dealkylation sites (tertiary alicyclic amines) is 1. The molecule has 6 rings (SSSR count). The fraction of sp³-hybridized carbons (Fsp3) is 0.667. The van der Waals surface area contributed by atoms with E-state index in [-0.39, 0.29) is 29.1 Å². The molecular formula is C27H37N3O4. The average Bonchev–Trinajstić information content (AvgIpc) is 2.83. The zero-order valence-electron chi connectivity index (χ0n) is 20.3. The quantitative estimate of drug-likeness (QED) is 0.669. The number of hydrogen-bond acceptors (Lipinski definition) is 4. The minimum Gasteiger partial charge on any atom is -0.497 e. The summed E-state index contributed by atoms with van der Waals surface area (Å²) in [6, 6.07) is 6.75. The maximum absolute atomic E-state index is 13.3. The first-order valence-corrected chi connectivity index (χ1v) is 12.9. The molecule has 4 saturated carbocycles. The molecule has 7 heteroatoms. The van der Waals surface area contributed by atoms with E-state index in [9.17, 15) is 14.4 Å². The molecule has 5 fully saturated rings. The summed E-state index contributed by atoms with van der Waals surface area (Å²) in [6.45, 7) is 2.89. The maximum atomic E-state index is 13.3. The van der Waals surface area contributed by atoms with Gasteiger partial charge in [0.2, 0.25) is 17.7 Å². The molecule has 4 aliphatic carbocycles. The fourth-order valence-electron chi connectivity index (χ4n) is 7.35. The molecule has 1 aromatic carbocycles. The number of rotatable bonds is 6. The normalized spacial score (nSPS) is 31.1. The Morgan fingerprint density at radius 3 is 2.06 bits per heavy atom. The van der Waals surface area contributed by atoms with E-state index in [1.54, 1.807) is 7.11 Å². The van der Waals surface area contributed by atoms with E-state index in [2.05, 4.69) is 10.6 Å². The number of nitrogens with one attached hydrogen (secondary N) is 2. The molecule has 1 aromatic rings. The van der Waals surface area contributed by atoms with Crippen molar-refractivity contribution in [3.63, 3.8) is 0 Å². The number of benzene rings is 1. The Balaban J connectivity index is 1.10. The molecule has 34 heavy (non-hydrogen) atoms. The maximum Gasteiger partial charge on any atom is 0.244 e. The number of anilines is 1. The molecule has 184 valence electrons. The Labute approximate surface area is 202 Å². The van der Waals surface area contributed by atoms with Crippen molar-refractivity contribution < 1.29 is 19.1 Å². The first-order valence-electron chi connectivity index (χ1n) is 12.9. The van der Waals surface area contributed by atoms with Crippen molar-refractivity contribution in [3.8, 4) is 5.75 Å². The SMILES string of the molecule is COc1ccc(NC(=O)C2CCN(C(=O)[C@H](C)NC(=O)C34CC5CC(CC(C5)C3)C4)CC2)cc1. The lowest BCUT2D eigenvalue weighted by molar-refractivity contribution is -0.150. The van der Waals surface area contributed by atoms with Crippen LogP contribution in [0.3, 0.4) is 0 Å². The number of nitrogens with zero attached hydrogens (tertiary/aromatic N) is 1. The van der Waals surface area contributed by atoms with Gasteiger partial charge >= 0.3 is 0 Å². The third-order valence-corrected chi connectivity index (χ3v) is 8.77. The van der Waals surface area contributed by atoms with Crippen LogP contribution in [0.4, 0.5) is 5.69 Å². The van der Waals surface area contributed by atoms with Crippen molar-refractivity contribution in [2.75, 3.05) is 25.5 Å². The molecule has 0 spiro atoms. The topological polar surface area (TPSA) is 87.7 Å². The molecule has 1 saturated heterocycles. The van der Waals surface area contributed by atoms with Crippen molar-refractivity contribution in [2.45, 2.75) is 64.3 Å². The molecule has 0 aromatic heterocycles. The van der Waals surface area contributed by atoms with Gasteiger partial charge in [-0.2, -0.15) is 0 Å². The highest BCUT2D eigenvalue weighted by Crippen LogP contribution is 2.60. The second kappa shape index (κ2) is 9.23. The fourth-order valence-corrected chi connectivity index (χ4v) is 7.35. The van der Waals surface area contributed by atoms with Crippen LogP contribution in [0.5, 0.6) is 5.75 Å². The number of amides is 3. The lowest BCUT2D eigenvalue weighted by Crippen LogP contribution is -2.57. The largest absolute Gasteiger partial charge is 0.497 e. The summed E-state index contributed by atoms with van der Waals surface area (Å²) in [5.41, 5.74) is 0.501. The average molecular weight is 468 g/mol. The van der Waals surface area contributed by atoms with E-state index in [1.165, 1.54) is 19.3 Å². The van der Waals surface area contributed by atoms with E-state index in [4.69, 9.17) is 4.74 Å². The van der Waals surface area contributed by atoms with E-state index >= 15 is 0 Å². The number of ether oxygens (including phenoxy) is 1. The molecule has 5 aliphatic rings. The number of methoxy groups -OCH3 is 1. The zero-order valence-corrected chi connectivity index (χ0v) is 20.3. The molecular weight excluding hydrogens is 430 g/mol. The molecule has 0 radical (unpaired) electrons. The van der Waals surface area contributed by atoms with E-state index in [0.29, 0.717) is 43.7 Å². The van der Waals surface area contributed by atoms with Gasteiger partial charge in [0, 0.05) is 30.1 Å². The van der Waals surface area contributed by atoms with Crippen molar-refractivity contribution in [1.29, 1.82) is 0 Å². The standard InChI is InChI=1S/C27H37N3O4/c1-17(28-26(33)27-14-18-11-19(15-27)13-20(12-18)16-27)25(32)30-9-7-21(8-10-30)24(31)29-22-3-5-23(34-2)6-4-22/h3-6,17-21H,7-16H2,1-2H3,(H,28,33)(H,29,31)/t17-,18?,19?,20?,27?/m0/s1. The summed E-state index contributed by atoms with van der Waals surface area (Å²) in [4.78, 5) is 40.9. The summed E-state index contributed by atoms with van der Waals surface area (Å²) >= 11 is 0. The second-order valence-electron chi connectivity index (χ2n) is 11.2. The van der Waals surface area contributed by atoms with Gasteiger partial charge in [0.1, 0.15) is 11.8 Å². The molecule has 1 aliphatic heterocycles. The minimum absolute atomic E-state index is 0.0135. The Bertz CT molecular complexity index is 900. The molecule has 0 unspecified atom stereocenters. The van der Waals surface area contributed by atoms with Crippen LogP contribution in [0, 0.1) is 29.1 Å². The molecule has 7 nitrogen and oxygen atoms in total. The smallest absolute Gasteiger partial charge is 0.244 e. The first kappa shape index (κ1) is 23.2. The molecule has 1 heterocycles. The van der Waals surface area contributed by atoms with Gasteiger partial charge in [0.25, 0.3) is 0 Å². The van der Waals surface area contributed by atoms with Gasteiger partial charge in [-0.1, -0.05) is 0 Å². The predicted octanol–water partition coefficient (Wildman–Crippen LogP) is 3.59. The number of piperidine rings is 1. The predicted molar refractivity (Wildman–Crippen MR) is 129 cm³/mol. The highest BCUT2D eigenvalue weighted by atomic mass is 16.5. The van der Waals surface area contributed by atoms with Crippen LogP contribution in [0.15, 0.2) is 24.3 Å². The van der Waals surface area contributed by atoms with Gasteiger partial charge in [-0.15, -0.1) is 0 Å². The van der Waals surface area contributed by atoms with Gasteiger partial charge in [-0.05, 0) is 100 Å². The monoisotopic (exact) mass is 467 g/mol. The highest BCUT2D eigenvalue weighted by molar-refractivity contribution is 5.93. The molecule has 2 N–H and O–H groups in total. The van der Waals surface area contributed by atoms with Gasteiger partial charge < -0.3 is 20.3 Å². The second-order valence-corrected chi connectivity index (χ2v) is 11.2. The van der Waals surface area contributed by atoms with Gasteiger partial charge in [-0.3, -0.25) is 14.4 Å². The Hall–Kier alpha value is -2.57. The van der Waals surface area contributed by atoms with Crippen LogP contribution < -0.4 is 15.4 Å². The number of carbonyl (C=O) groups is 3. The van der Waals surface area contributed by atoms with Crippen LogP contribution in [0.2, 0.25) is 0 Å². The zero-order chi connectivity index (χ0) is 23.9. The highest BCUT2D eigenvalue weighted by Gasteiger charge is 2.54. The Morgan fingerprint density at radius 2 is 1.53 bits per heavy atom. The summed E-state index contributed by atoms with van der Waals surface area (Å²) in [7, 11) is 1.61. The van der Waals surface area contributed by atoms with Crippen molar-refractivity contribution in [1.82, 2.24) is 10.2 Å². The van der Waals surface area contributed by atoms with Crippen LogP contribution in [0.1, 0.15) is 58.3 Å². The molecule has 4 bridgehead atoms. The Morgan fingerprint density at radius 1 is 0.971 bits per heavy atom. The van der Waals surface area contributed by atoms with Crippen molar-refractivity contribution in [2.24, 2.45) is 29.1 Å². The van der Waals surface area contributed by atoms with Crippen LogP contribution in [-0.4, -0.2) is 48.9 Å². The summed E-state index contributed by atoms with van der Waals surface area (Å²) in [6.07, 6.45) is 8.14. The molecule has 1 atom stereocenters. The van der Waals surface area contributed by atoms with E-state index in [1.807, 2.05) is 36.1 Å². The van der Waals surface area contributed by atoms with Crippen LogP contribution >= 0.6 is 0 Å². The van der Waals surface area contributed by atoms with Crippen molar-refractivity contribution in [3.05, 3.63) is 24.3 Å². The third-order valence-electron chi connectivity index (χ3n) is 8.77.